The molecule has 8 heteroatoms. The van der Waals surface area contributed by atoms with Gasteiger partial charge < -0.3 is 19.7 Å². The van der Waals surface area contributed by atoms with Crippen LogP contribution in [0.4, 0.5) is 0 Å². The number of aromatic nitrogens is 3. The number of H-pyrrole nitrogens is 1. The number of aliphatic imine (C=N–C) groups is 1. The molecule has 3 heterocycles. The van der Waals surface area contributed by atoms with Crippen molar-refractivity contribution in [2.75, 3.05) is 33.4 Å². The van der Waals surface area contributed by atoms with Gasteiger partial charge in [-0.2, -0.15) is 5.10 Å². The van der Waals surface area contributed by atoms with Crippen LogP contribution in [-0.2, 0) is 22.6 Å². The van der Waals surface area contributed by atoms with Crippen LogP contribution in [0.1, 0.15) is 48.6 Å². The van der Waals surface area contributed by atoms with Crippen molar-refractivity contribution in [1.29, 1.82) is 0 Å². The topological polar surface area (TPSA) is 87.7 Å². The molecule has 1 aromatic carbocycles. The van der Waals surface area contributed by atoms with Gasteiger partial charge in [-0.15, -0.1) is 0 Å². The molecule has 0 radical (unpaired) electrons. The summed E-state index contributed by atoms with van der Waals surface area (Å²) in [5.74, 6) is 2.40. The van der Waals surface area contributed by atoms with Gasteiger partial charge in [-0.1, -0.05) is 24.3 Å². The molecule has 2 aromatic rings. The number of aromatic amines is 1. The first-order valence-corrected chi connectivity index (χ1v) is 10.9. The molecule has 2 aliphatic rings. The molecule has 0 spiro atoms. The summed E-state index contributed by atoms with van der Waals surface area (Å²) in [4.78, 5) is 11.1. The normalized spacial score (nSPS) is 19.2. The van der Waals surface area contributed by atoms with E-state index in [-0.39, 0.29) is 0 Å². The average Bonchev–Trinajstić information content (AvgIpc) is 3.35. The second kappa shape index (κ2) is 10.5. The Balaban J connectivity index is 1.25. The maximum absolute atomic E-state index is 6.06. The van der Waals surface area contributed by atoms with Gasteiger partial charge in [0.2, 0.25) is 0 Å². The number of nitrogens with zero attached hydrogens (tertiary/aromatic N) is 4. The zero-order valence-electron chi connectivity index (χ0n) is 17.7. The van der Waals surface area contributed by atoms with Crippen molar-refractivity contribution in [3.05, 3.63) is 47.5 Å². The van der Waals surface area contributed by atoms with Gasteiger partial charge in [0.15, 0.2) is 5.96 Å². The standard InChI is InChI=1S/C22H32N6O2/c1-23-22(28-9-5-19(6-10-28)21-25-16-26-27-21)24-14-17-3-2-4-18(13-17)15-30-20-7-11-29-12-8-20/h2-4,13,16,19-20H,5-12,14-15H2,1H3,(H,23,24)(H,25,26,27). The van der Waals surface area contributed by atoms with E-state index in [2.05, 4.69) is 54.7 Å². The minimum Gasteiger partial charge on any atom is -0.381 e. The molecule has 30 heavy (non-hydrogen) atoms. The van der Waals surface area contributed by atoms with E-state index in [0.717, 1.165) is 70.3 Å². The van der Waals surface area contributed by atoms with Gasteiger partial charge in [0.25, 0.3) is 0 Å². The van der Waals surface area contributed by atoms with Crippen molar-refractivity contribution in [3.63, 3.8) is 0 Å². The van der Waals surface area contributed by atoms with Gasteiger partial charge in [-0.05, 0) is 36.8 Å². The van der Waals surface area contributed by atoms with Crippen molar-refractivity contribution in [3.8, 4) is 0 Å². The smallest absolute Gasteiger partial charge is 0.193 e. The summed E-state index contributed by atoms with van der Waals surface area (Å²) < 4.78 is 11.5. The average molecular weight is 413 g/mol. The molecule has 0 atom stereocenters. The summed E-state index contributed by atoms with van der Waals surface area (Å²) in [6, 6.07) is 8.60. The summed E-state index contributed by atoms with van der Waals surface area (Å²) in [6.45, 7) is 4.95. The number of hydrogen-bond donors (Lipinski definition) is 2. The molecule has 162 valence electrons. The number of piperidine rings is 1. The summed E-state index contributed by atoms with van der Waals surface area (Å²) in [5.41, 5.74) is 2.45. The fraction of sp³-hybridized carbons (Fsp3) is 0.591. The van der Waals surface area contributed by atoms with Gasteiger partial charge in [-0.3, -0.25) is 10.1 Å². The Labute approximate surface area is 178 Å². The Morgan fingerprint density at radius 2 is 2.03 bits per heavy atom. The second-order valence-corrected chi connectivity index (χ2v) is 7.98. The molecule has 0 aliphatic carbocycles. The predicted molar refractivity (Wildman–Crippen MR) is 115 cm³/mol. The summed E-state index contributed by atoms with van der Waals surface area (Å²) in [6.07, 6.45) is 5.99. The number of rotatable bonds is 6. The Hall–Kier alpha value is -2.45. The summed E-state index contributed by atoms with van der Waals surface area (Å²) in [7, 11) is 1.85. The van der Waals surface area contributed by atoms with E-state index in [9.17, 15) is 0 Å². The Morgan fingerprint density at radius 1 is 1.23 bits per heavy atom. The van der Waals surface area contributed by atoms with Crippen LogP contribution >= 0.6 is 0 Å². The number of ether oxygens (including phenoxy) is 2. The molecule has 0 bridgehead atoms. The first-order valence-electron chi connectivity index (χ1n) is 10.9. The Bertz CT molecular complexity index is 796. The van der Waals surface area contributed by atoms with E-state index in [4.69, 9.17) is 9.47 Å². The van der Waals surface area contributed by atoms with Crippen LogP contribution in [0.15, 0.2) is 35.6 Å². The lowest BCUT2D eigenvalue weighted by atomic mass is 9.96. The van der Waals surface area contributed by atoms with Crippen molar-refractivity contribution in [1.82, 2.24) is 25.4 Å². The molecular formula is C22H32N6O2. The van der Waals surface area contributed by atoms with Crippen LogP contribution in [0.25, 0.3) is 0 Å². The lowest BCUT2D eigenvalue weighted by molar-refractivity contribution is -0.0390. The number of nitrogens with one attached hydrogen (secondary N) is 2. The van der Waals surface area contributed by atoms with Crippen LogP contribution in [0.3, 0.4) is 0 Å². The molecule has 4 rings (SSSR count). The second-order valence-electron chi connectivity index (χ2n) is 7.98. The van der Waals surface area contributed by atoms with E-state index < -0.39 is 0 Å². The molecule has 2 aliphatic heterocycles. The van der Waals surface area contributed by atoms with Gasteiger partial charge in [-0.25, -0.2) is 4.98 Å². The fourth-order valence-electron chi connectivity index (χ4n) is 4.18. The number of guanidine groups is 1. The molecule has 2 N–H and O–H groups in total. The van der Waals surface area contributed by atoms with Crippen molar-refractivity contribution < 1.29 is 9.47 Å². The third-order valence-electron chi connectivity index (χ3n) is 5.92. The third kappa shape index (κ3) is 5.58. The van der Waals surface area contributed by atoms with E-state index in [1.54, 1.807) is 6.33 Å². The molecule has 8 nitrogen and oxygen atoms in total. The first-order chi connectivity index (χ1) is 14.8. The molecule has 1 aromatic heterocycles. The predicted octanol–water partition coefficient (Wildman–Crippen LogP) is 2.46. The zero-order valence-corrected chi connectivity index (χ0v) is 17.7. The van der Waals surface area contributed by atoms with Gasteiger partial charge in [0, 0.05) is 45.8 Å². The number of hydrogen-bond acceptors (Lipinski definition) is 5. The Morgan fingerprint density at radius 3 is 2.77 bits per heavy atom. The monoisotopic (exact) mass is 412 g/mol. The molecular weight excluding hydrogens is 380 g/mol. The van der Waals surface area contributed by atoms with Gasteiger partial charge in [0.1, 0.15) is 12.2 Å². The maximum atomic E-state index is 6.06. The number of likely N-dealkylation sites (tertiary alicyclic amines) is 1. The fourth-order valence-corrected chi connectivity index (χ4v) is 4.18. The van der Waals surface area contributed by atoms with Crippen LogP contribution in [0.5, 0.6) is 0 Å². The summed E-state index contributed by atoms with van der Waals surface area (Å²) >= 11 is 0. The van der Waals surface area contributed by atoms with E-state index in [1.807, 2.05) is 7.05 Å². The largest absolute Gasteiger partial charge is 0.381 e. The molecule has 0 saturated carbocycles. The van der Waals surface area contributed by atoms with E-state index in [1.165, 1.54) is 11.1 Å². The molecule has 0 unspecified atom stereocenters. The van der Waals surface area contributed by atoms with Gasteiger partial charge in [0.05, 0.1) is 12.7 Å². The maximum Gasteiger partial charge on any atom is 0.193 e. The van der Waals surface area contributed by atoms with Crippen LogP contribution < -0.4 is 5.32 Å². The zero-order chi connectivity index (χ0) is 20.6. The Kier molecular flexibility index (Phi) is 7.31. The van der Waals surface area contributed by atoms with Crippen LogP contribution in [-0.4, -0.2) is 65.5 Å². The minimum absolute atomic E-state index is 0.319. The van der Waals surface area contributed by atoms with Crippen LogP contribution in [0.2, 0.25) is 0 Å². The van der Waals surface area contributed by atoms with Crippen LogP contribution in [0, 0.1) is 0 Å². The quantitative estimate of drug-likeness (QED) is 0.560. The van der Waals surface area contributed by atoms with Crippen molar-refractivity contribution in [2.45, 2.75) is 50.9 Å². The lowest BCUT2D eigenvalue weighted by Crippen LogP contribution is -2.45. The van der Waals surface area contributed by atoms with Crippen molar-refractivity contribution in [2.24, 2.45) is 4.99 Å². The van der Waals surface area contributed by atoms with Crippen molar-refractivity contribution >= 4 is 5.96 Å². The number of benzene rings is 1. The highest BCUT2D eigenvalue weighted by molar-refractivity contribution is 5.80. The molecule has 0 amide bonds. The highest BCUT2D eigenvalue weighted by atomic mass is 16.5. The summed E-state index contributed by atoms with van der Waals surface area (Å²) in [5, 5.41) is 10.5. The molecule has 2 fully saturated rings. The first kappa shape index (κ1) is 20.8. The SMILES string of the molecule is CN=C(NCc1cccc(COC2CCOCC2)c1)N1CCC(c2ncn[nH]2)CC1. The molecule has 2 saturated heterocycles. The lowest BCUT2D eigenvalue weighted by Gasteiger charge is -2.33. The highest BCUT2D eigenvalue weighted by Gasteiger charge is 2.24. The highest BCUT2D eigenvalue weighted by Crippen LogP contribution is 2.25. The third-order valence-corrected chi connectivity index (χ3v) is 5.92. The minimum atomic E-state index is 0.319. The van der Waals surface area contributed by atoms with E-state index >= 15 is 0 Å². The van der Waals surface area contributed by atoms with Gasteiger partial charge >= 0.3 is 0 Å². The van der Waals surface area contributed by atoms with E-state index in [0.29, 0.717) is 18.6 Å².